The third-order valence-electron chi connectivity index (χ3n) is 4.45. The minimum absolute atomic E-state index is 0.171. The number of carbonyl (C=O) groups is 2. The number of ether oxygens (including phenoxy) is 2. The van der Waals surface area contributed by atoms with Crippen molar-refractivity contribution in [2.45, 2.75) is 19.6 Å². The number of amides is 2. The van der Waals surface area contributed by atoms with E-state index in [9.17, 15) is 9.59 Å². The topological polar surface area (TPSA) is 76.7 Å². The summed E-state index contributed by atoms with van der Waals surface area (Å²) in [6, 6.07) is 23.4. The van der Waals surface area contributed by atoms with Crippen molar-refractivity contribution in [3.8, 4) is 11.5 Å². The van der Waals surface area contributed by atoms with E-state index in [-0.39, 0.29) is 11.8 Å². The number of benzene rings is 3. The normalized spacial score (nSPS) is 11.3. The van der Waals surface area contributed by atoms with E-state index in [0.29, 0.717) is 29.3 Å². The summed E-state index contributed by atoms with van der Waals surface area (Å²) in [6.45, 7) is 2.12. The number of carbonyl (C=O) groups excluding carboxylic acids is 2. The Labute approximate surface area is 175 Å². The first-order chi connectivity index (χ1) is 14.5. The molecule has 30 heavy (non-hydrogen) atoms. The highest BCUT2D eigenvalue weighted by Gasteiger charge is 2.15. The summed E-state index contributed by atoms with van der Waals surface area (Å²) in [5.41, 5.74) is 2.21. The van der Waals surface area contributed by atoms with Crippen LogP contribution in [0.15, 0.2) is 78.9 Å². The fraction of sp³-hybridized carbons (Fsp3) is 0.167. The highest BCUT2D eigenvalue weighted by molar-refractivity contribution is 5.95. The Balaban J connectivity index is 1.51. The summed E-state index contributed by atoms with van der Waals surface area (Å²) in [4.78, 5) is 24.6. The largest absolute Gasteiger partial charge is 0.497 e. The molecule has 6 nitrogen and oxygen atoms in total. The average Bonchev–Trinajstić information content (AvgIpc) is 2.79. The van der Waals surface area contributed by atoms with E-state index in [1.807, 2.05) is 30.3 Å². The van der Waals surface area contributed by atoms with Gasteiger partial charge in [-0.25, -0.2) is 0 Å². The first-order valence-electron chi connectivity index (χ1n) is 9.59. The van der Waals surface area contributed by atoms with Gasteiger partial charge >= 0.3 is 0 Å². The lowest BCUT2D eigenvalue weighted by Crippen LogP contribution is -2.30. The Morgan fingerprint density at radius 3 is 2.13 bits per heavy atom. The summed E-state index contributed by atoms with van der Waals surface area (Å²) in [7, 11) is 1.59. The van der Waals surface area contributed by atoms with Crippen LogP contribution in [0.5, 0.6) is 11.5 Å². The highest BCUT2D eigenvalue weighted by atomic mass is 16.5. The van der Waals surface area contributed by atoms with Crippen molar-refractivity contribution < 1.29 is 19.1 Å². The van der Waals surface area contributed by atoms with E-state index in [1.165, 1.54) is 0 Å². The molecule has 0 radical (unpaired) electrons. The second kappa shape index (κ2) is 10.1. The Hall–Kier alpha value is -3.80. The smallest absolute Gasteiger partial charge is 0.265 e. The Kier molecular flexibility index (Phi) is 7.05. The molecule has 0 aliphatic heterocycles. The van der Waals surface area contributed by atoms with Crippen molar-refractivity contribution in [2.75, 3.05) is 12.4 Å². The van der Waals surface area contributed by atoms with Gasteiger partial charge in [-0.05, 0) is 61.0 Å². The van der Waals surface area contributed by atoms with Gasteiger partial charge in [0.2, 0.25) is 0 Å². The van der Waals surface area contributed by atoms with Crippen molar-refractivity contribution >= 4 is 17.5 Å². The number of methoxy groups -OCH3 is 1. The number of nitrogens with one attached hydrogen (secondary N) is 2. The zero-order chi connectivity index (χ0) is 21.3. The van der Waals surface area contributed by atoms with Crippen LogP contribution in [0.4, 0.5) is 5.69 Å². The molecule has 2 N–H and O–H groups in total. The molecule has 6 heteroatoms. The Morgan fingerprint density at radius 2 is 1.50 bits per heavy atom. The van der Waals surface area contributed by atoms with Crippen LogP contribution in [-0.2, 0) is 11.3 Å². The number of hydrogen-bond acceptors (Lipinski definition) is 4. The van der Waals surface area contributed by atoms with Crippen LogP contribution in [0.1, 0.15) is 22.8 Å². The second-order valence-electron chi connectivity index (χ2n) is 6.67. The Bertz CT molecular complexity index is 970. The van der Waals surface area contributed by atoms with E-state index in [4.69, 9.17) is 9.47 Å². The van der Waals surface area contributed by atoms with Gasteiger partial charge in [0.05, 0.1) is 7.11 Å². The lowest BCUT2D eigenvalue weighted by molar-refractivity contribution is -0.122. The van der Waals surface area contributed by atoms with Crippen LogP contribution < -0.4 is 20.1 Å². The van der Waals surface area contributed by atoms with Gasteiger partial charge in [-0.2, -0.15) is 0 Å². The third-order valence-corrected chi connectivity index (χ3v) is 4.45. The van der Waals surface area contributed by atoms with E-state index >= 15 is 0 Å². The number of hydrogen-bond donors (Lipinski definition) is 2. The van der Waals surface area contributed by atoms with Gasteiger partial charge in [0.15, 0.2) is 6.10 Å². The maximum absolute atomic E-state index is 12.3. The van der Waals surface area contributed by atoms with Gasteiger partial charge in [-0.1, -0.05) is 30.3 Å². The molecule has 3 rings (SSSR count). The molecule has 1 atom stereocenters. The van der Waals surface area contributed by atoms with E-state index < -0.39 is 6.10 Å². The number of rotatable bonds is 8. The SMILES string of the molecule is COc1ccc(NC(=O)[C@H](C)Oc2ccc(C(=O)NCc3ccccc3)cc2)cc1. The van der Waals surface area contributed by atoms with Crippen LogP contribution in [-0.4, -0.2) is 25.0 Å². The quantitative estimate of drug-likeness (QED) is 0.594. The first kappa shape index (κ1) is 20.9. The van der Waals surface area contributed by atoms with Crippen LogP contribution >= 0.6 is 0 Å². The number of anilines is 1. The zero-order valence-electron chi connectivity index (χ0n) is 16.9. The summed E-state index contributed by atoms with van der Waals surface area (Å²) < 4.78 is 10.8. The second-order valence-corrected chi connectivity index (χ2v) is 6.67. The molecule has 0 aromatic heterocycles. The molecule has 0 spiro atoms. The van der Waals surface area contributed by atoms with Gasteiger partial charge in [0.25, 0.3) is 11.8 Å². The standard InChI is InChI=1S/C24H24N2O4/c1-17(23(27)26-20-10-14-21(29-2)15-11-20)30-22-12-8-19(9-13-22)24(28)25-16-18-6-4-3-5-7-18/h3-15,17H,16H2,1-2H3,(H,25,28)(H,26,27)/t17-/m0/s1. The van der Waals surface area contributed by atoms with Crippen molar-refractivity contribution in [1.29, 1.82) is 0 Å². The fourth-order valence-electron chi connectivity index (χ4n) is 2.74. The third kappa shape index (κ3) is 5.85. The van der Waals surface area contributed by atoms with Crippen molar-refractivity contribution in [3.05, 3.63) is 90.0 Å². The van der Waals surface area contributed by atoms with Crippen LogP contribution in [0, 0.1) is 0 Å². The molecular formula is C24H24N2O4. The average molecular weight is 404 g/mol. The fourth-order valence-corrected chi connectivity index (χ4v) is 2.74. The molecule has 154 valence electrons. The molecule has 0 heterocycles. The van der Waals surface area contributed by atoms with E-state index in [0.717, 1.165) is 5.56 Å². The van der Waals surface area contributed by atoms with Crippen molar-refractivity contribution in [3.63, 3.8) is 0 Å². The lowest BCUT2D eigenvalue weighted by atomic mass is 10.2. The summed E-state index contributed by atoms with van der Waals surface area (Å²) in [5.74, 6) is 0.776. The predicted octanol–water partition coefficient (Wildman–Crippen LogP) is 4.03. The van der Waals surface area contributed by atoms with Gasteiger partial charge < -0.3 is 20.1 Å². The molecule has 0 saturated heterocycles. The zero-order valence-corrected chi connectivity index (χ0v) is 16.9. The van der Waals surface area contributed by atoms with Crippen LogP contribution in [0.2, 0.25) is 0 Å². The maximum Gasteiger partial charge on any atom is 0.265 e. The molecule has 2 amide bonds. The molecule has 0 aliphatic rings. The minimum atomic E-state index is -0.704. The molecular weight excluding hydrogens is 380 g/mol. The highest BCUT2D eigenvalue weighted by Crippen LogP contribution is 2.17. The molecule has 0 saturated carbocycles. The van der Waals surface area contributed by atoms with E-state index in [1.54, 1.807) is 62.6 Å². The molecule has 0 unspecified atom stereocenters. The first-order valence-corrected chi connectivity index (χ1v) is 9.59. The Morgan fingerprint density at radius 1 is 0.867 bits per heavy atom. The monoisotopic (exact) mass is 404 g/mol. The summed E-state index contributed by atoms with van der Waals surface area (Å²) in [5, 5.41) is 5.67. The van der Waals surface area contributed by atoms with Gasteiger partial charge in [-0.3, -0.25) is 9.59 Å². The van der Waals surface area contributed by atoms with Crippen LogP contribution in [0.3, 0.4) is 0 Å². The maximum atomic E-state index is 12.3. The molecule has 0 fully saturated rings. The van der Waals surface area contributed by atoms with E-state index in [2.05, 4.69) is 10.6 Å². The van der Waals surface area contributed by atoms with Gasteiger partial charge in [-0.15, -0.1) is 0 Å². The van der Waals surface area contributed by atoms with Crippen LogP contribution in [0.25, 0.3) is 0 Å². The molecule has 0 bridgehead atoms. The predicted molar refractivity (Wildman–Crippen MR) is 116 cm³/mol. The summed E-state index contributed by atoms with van der Waals surface area (Å²) in [6.07, 6.45) is -0.704. The van der Waals surface area contributed by atoms with Crippen molar-refractivity contribution in [2.24, 2.45) is 0 Å². The van der Waals surface area contributed by atoms with Gasteiger partial charge in [0.1, 0.15) is 11.5 Å². The summed E-state index contributed by atoms with van der Waals surface area (Å²) >= 11 is 0. The minimum Gasteiger partial charge on any atom is -0.497 e. The lowest BCUT2D eigenvalue weighted by Gasteiger charge is -2.15. The van der Waals surface area contributed by atoms with Gasteiger partial charge in [0, 0.05) is 17.8 Å². The molecule has 3 aromatic rings. The molecule has 3 aromatic carbocycles. The molecule has 0 aliphatic carbocycles. The van der Waals surface area contributed by atoms with Crippen molar-refractivity contribution in [1.82, 2.24) is 5.32 Å².